The smallest absolute Gasteiger partial charge is 0.0786 e. The van der Waals surface area contributed by atoms with Gasteiger partial charge in [0, 0.05) is 10.6 Å². The van der Waals surface area contributed by atoms with Crippen molar-refractivity contribution in [1.82, 2.24) is 0 Å². The molecule has 30 heavy (non-hydrogen) atoms. The van der Waals surface area contributed by atoms with Crippen molar-refractivity contribution in [3.8, 4) is 6.07 Å². The molecule has 0 spiro atoms. The van der Waals surface area contributed by atoms with Crippen LogP contribution in [0.4, 0.5) is 0 Å². The fraction of sp³-hybridized carbons (Fsp3) is 0.680. The minimum Gasteiger partial charge on any atom is -0.545 e. The molecule has 0 aliphatic carbocycles. The molecule has 0 heterocycles. The molecular formula is C25H41ClN2O2. The number of unbranched alkanes of at least 4 members (excludes halogenated alkanes) is 4. The Hall–Kier alpha value is -1.57. The van der Waals surface area contributed by atoms with E-state index in [9.17, 15) is 9.90 Å². The van der Waals surface area contributed by atoms with Gasteiger partial charge in [-0.2, -0.15) is 5.26 Å². The predicted octanol–water partition coefficient (Wildman–Crippen LogP) is 5.77. The molecule has 0 amide bonds. The van der Waals surface area contributed by atoms with Gasteiger partial charge in [-0.15, -0.1) is 0 Å². The van der Waals surface area contributed by atoms with E-state index in [1.807, 2.05) is 6.07 Å². The van der Waals surface area contributed by atoms with Gasteiger partial charge >= 0.3 is 0 Å². The third-order valence-corrected chi connectivity index (χ3v) is 5.89. The quantitative estimate of drug-likeness (QED) is 0.347. The molecule has 0 aliphatic heterocycles. The second kappa shape index (κ2) is 17.1. The average molecular weight is 437 g/mol. The van der Waals surface area contributed by atoms with Crippen molar-refractivity contribution in [2.24, 2.45) is 0 Å². The number of carboxylic acids is 1. The lowest BCUT2D eigenvalue weighted by atomic mass is 10.1. The second-order valence-corrected chi connectivity index (χ2v) is 8.45. The highest BCUT2D eigenvalue weighted by atomic mass is 35.5. The van der Waals surface area contributed by atoms with E-state index in [0.717, 1.165) is 0 Å². The summed E-state index contributed by atoms with van der Waals surface area (Å²) in [6, 6.07) is 6.26. The van der Waals surface area contributed by atoms with Gasteiger partial charge in [-0.3, -0.25) is 0 Å². The van der Waals surface area contributed by atoms with E-state index in [4.69, 9.17) is 16.9 Å². The zero-order chi connectivity index (χ0) is 22.8. The summed E-state index contributed by atoms with van der Waals surface area (Å²) in [5.41, 5.74) is 0.292. The van der Waals surface area contributed by atoms with Gasteiger partial charge < -0.3 is 14.4 Å². The minimum atomic E-state index is -1.31. The van der Waals surface area contributed by atoms with Crippen LogP contribution in [0.15, 0.2) is 18.2 Å². The maximum absolute atomic E-state index is 10.6. The minimum absolute atomic E-state index is 0.0194. The fourth-order valence-corrected chi connectivity index (χ4v) is 3.89. The number of carbonyl (C=O) groups is 1. The van der Waals surface area contributed by atoms with E-state index in [0.29, 0.717) is 5.56 Å². The van der Waals surface area contributed by atoms with Crippen LogP contribution >= 0.6 is 11.6 Å². The Kier molecular flexibility index (Phi) is 16.2. The molecule has 170 valence electrons. The molecule has 4 nitrogen and oxygen atoms in total. The van der Waals surface area contributed by atoms with Crippen LogP contribution in [0.2, 0.25) is 5.02 Å². The summed E-state index contributed by atoms with van der Waals surface area (Å²) in [5.74, 6) is -1.31. The van der Waals surface area contributed by atoms with Crippen LogP contribution in [0, 0.1) is 11.3 Å². The summed E-state index contributed by atoms with van der Waals surface area (Å²) in [6.45, 7) is 15.0. The van der Waals surface area contributed by atoms with Gasteiger partial charge in [0.1, 0.15) is 0 Å². The third kappa shape index (κ3) is 11.0. The van der Waals surface area contributed by atoms with Crippen molar-refractivity contribution < 1.29 is 14.4 Å². The standard InChI is InChI=1S/C16H36N.C9H6ClNO2/c1-5-9-13-17(14-10-6-2,15-11-7-3)16-12-8-4;10-8-3-1-2-7(9(12)13)6(8)4-5-11/h5-16H2,1-4H3;1-3H,4H2,(H,12,13)/q+1;/p-1. The number of nitriles is 1. The summed E-state index contributed by atoms with van der Waals surface area (Å²) in [7, 11) is 0. The molecule has 1 aromatic carbocycles. The van der Waals surface area contributed by atoms with E-state index in [2.05, 4.69) is 27.7 Å². The highest BCUT2D eigenvalue weighted by molar-refractivity contribution is 6.31. The van der Waals surface area contributed by atoms with Crippen molar-refractivity contribution in [1.29, 1.82) is 5.26 Å². The Balaban J connectivity index is 0.000000579. The summed E-state index contributed by atoms with van der Waals surface area (Å²) < 4.78 is 1.42. The number of quaternary nitrogens is 1. The number of carbonyl (C=O) groups excluding carboxylic acids is 1. The van der Waals surface area contributed by atoms with E-state index >= 15 is 0 Å². The molecule has 0 radical (unpaired) electrons. The molecule has 0 bridgehead atoms. The van der Waals surface area contributed by atoms with Crippen LogP contribution in [0.25, 0.3) is 0 Å². The first-order chi connectivity index (χ1) is 14.4. The van der Waals surface area contributed by atoms with Gasteiger partial charge in [0.2, 0.25) is 0 Å². The summed E-state index contributed by atoms with van der Waals surface area (Å²) in [6.07, 6.45) is 11.0. The van der Waals surface area contributed by atoms with Crippen LogP contribution in [-0.2, 0) is 6.42 Å². The van der Waals surface area contributed by atoms with Gasteiger partial charge in [0.25, 0.3) is 0 Å². The van der Waals surface area contributed by atoms with Gasteiger partial charge in [-0.25, -0.2) is 0 Å². The zero-order valence-corrected chi connectivity index (χ0v) is 20.3. The van der Waals surface area contributed by atoms with Gasteiger partial charge in [-0.05, 0) is 37.3 Å². The monoisotopic (exact) mass is 436 g/mol. The number of halogens is 1. The molecule has 1 rings (SSSR count). The van der Waals surface area contributed by atoms with E-state index in [1.165, 1.54) is 94.2 Å². The lowest BCUT2D eigenvalue weighted by Crippen LogP contribution is -2.50. The SMILES string of the molecule is CCCC[N+](CCCC)(CCCC)CCCC.N#CCc1c(Cl)cccc1C(=O)[O-]. The van der Waals surface area contributed by atoms with Crippen molar-refractivity contribution >= 4 is 17.6 Å². The van der Waals surface area contributed by atoms with Crippen molar-refractivity contribution in [2.75, 3.05) is 26.2 Å². The molecule has 5 heteroatoms. The molecule has 0 N–H and O–H groups in total. The maximum atomic E-state index is 10.6. The number of hydrogen-bond acceptors (Lipinski definition) is 3. The Labute approximate surface area is 189 Å². The molecule has 0 aliphatic rings. The number of hydrogen-bond donors (Lipinski definition) is 0. The summed E-state index contributed by atoms with van der Waals surface area (Å²) in [5, 5.41) is 19.3. The topological polar surface area (TPSA) is 63.9 Å². The molecular weight excluding hydrogens is 396 g/mol. The highest BCUT2D eigenvalue weighted by Gasteiger charge is 2.24. The Morgan fingerprint density at radius 3 is 1.70 bits per heavy atom. The normalized spacial score (nSPS) is 10.8. The van der Waals surface area contributed by atoms with Crippen LogP contribution in [0.3, 0.4) is 0 Å². The number of benzene rings is 1. The highest BCUT2D eigenvalue weighted by Crippen LogP contribution is 2.20. The van der Waals surface area contributed by atoms with Crippen LogP contribution < -0.4 is 5.11 Å². The van der Waals surface area contributed by atoms with Gasteiger partial charge in [0.05, 0.1) is 44.6 Å². The number of nitrogens with zero attached hydrogens (tertiary/aromatic N) is 2. The fourth-order valence-electron chi connectivity index (χ4n) is 3.65. The van der Waals surface area contributed by atoms with Crippen molar-refractivity contribution in [3.63, 3.8) is 0 Å². The molecule has 0 saturated carbocycles. The predicted molar refractivity (Wildman–Crippen MR) is 124 cm³/mol. The average Bonchev–Trinajstić information content (AvgIpc) is 2.74. The number of rotatable bonds is 14. The second-order valence-electron chi connectivity index (χ2n) is 8.04. The zero-order valence-electron chi connectivity index (χ0n) is 19.5. The molecule has 0 atom stereocenters. The summed E-state index contributed by atoms with van der Waals surface area (Å²) >= 11 is 5.71. The first kappa shape index (κ1) is 28.4. The van der Waals surface area contributed by atoms with Gasteiger partial charge in [0.15, 0.2) is 0 Å². The van der Waals surface area contributed by atoms with E-state index in [-0.39, 0.29) is 17.0 Å². The number of aromatic carboxylic acids is 1. The van der Waals surface area contributed by atoms with Crippen LogP contribution in [0.5, 0.6) is 0 Å². The molecule has 0 aromatic heterocycles. The van der Waals surface area contributed by atoms with Crippen LogP contribution in [0.1, 0.15) is 95.0 Å². The van der Waals surface area contributed by atoms with Crippen molar-refractivity contribution in [2.45, 2.75) is 85.5 Å². The molecule has 0 unspecified atom stereocenters. The summed E-state index contributed by atoms with van der Waals surface area (Å²) in [4.78, 5) is 10.6. The number of carboxylic acid groups (broad SMARTS) is 1. The Bertz CT molecular complexity index is 603. The Morgan fingerprint density at radius 2 is 1.37 bits per heavy atom. The van der Waals surface area contributed by atoms with Crippen molar-refractivity contribution in [3.05, 3.63) is 34.3 Å². The van der Waals surface area contributed by atoms with Gasteiger partial charge in [-0.1, -0.05) is 77.1 Å². The van der Waals surface area contributed by atoms with E-state index in [1.54, 1.807) is 6.07 Å². The first-order valence-corrected chi connectivity index (χ1v) is 12.0. The first-order valence-electron chi connectivity index (χ1n) is 11.6. The molecule has 1 aromatic rings. The molecule has 0 fully saturated rings. The lowest BCUT2D eigenvalue weighted by Gasteiger charge is -2.39. The van der Waals surface area contributed by atoms with Crippen LogP contribution in [-0.4, -0.2) is 36.6 Å². The largest absolute Gasteiger partial charge is 0.545 e. The third-order valence-electron chi connectivity index (χ3n) is 5.54. The Morgan fingerprint density at radius 1 is 0.933 bits per heavy atom. The maximum Gasteiger partial charge on any atom is 0.0786 e. The lowest BCUT2D eigenvalue weighted by molar-refractivity contribution is -0.929. The van der Waals surface area contributed by atoms with E-state index < -0.39 is 5.97 Å². The molecule has 0 saturated heterocycles.